The Labute approximate surface area is 95.0 Å². The molecule has 2 nitrogen and oxygen atoms in total. The van der Waals surface area contributed by atoms with Gasteiger partial charge in [0.1, 0.15) is 5.75 Å². The normalized spacial score (nSPS) is 12.6. The van der Waals surface area contributed by atoms with Crippen molar-refractivity contribution in [3.05, 3.63) is 54.6 Å². The van der Waals surface area contributed by atoms with Gasteiger partial charge in [-0.2, -0.15) is 0 Å². The summed E-state index contributed by atoms with van der Waals surface area (Å²) in [6.07, 6.45) is 2.54. The molecule has 1 atom stereocenters. The summed E-state index contributed by atoms with van der Waals surface area (Å²) in [5.74, 6) is 0.296. The van der Waals surface area contributed by atoms with Crippen molar-refractivity contribution in [2.75, 3.05) is 0 Å². The molecule has 0 aliphatic carbocycles. The summed E-state index contributed by atoms with van der Waals surface area (Å²) in [7, 11) is 0. The van der Waals surface area contributed by atoms with E-state index in [1.807, 2.05) is 36.4 Å². The second-order valence-corrected chi connectivity index (χ2v) is 3.85. The molecule has 0 saturated carbocycles. The monoisotopic (exact) mass is 213 g/mol. The van der Waals surface area contributed by atoms with E-state index in [-0.39, 0.29) is 6.04 Å². The Morgan fingerprint density at radius 2 is 1.88 bits per heavy atom. The summed E-state index contributed by atoms with van der Waals surface area (Å²) in [4.78, 5) is 0. The van der Waals surface area contributed by atoms with E-state index in [2.05, 4.69) is 6.58 Å². The number of fused-ring (bicyclic) bond motifs is 1. The summed E-state index contributed by atoms with van der Waals surface area (Å²) >= 11 is 0. The molecule has 0 aliphatic heterocycles. The van der Waals surface area contributed by atoms with E-state index in [0.717, 1.165) is 22.8 Å². The molecule has 2 aromatic carbocycles. The lowest BCUT2D eigenvalue weighted by Gasteiger charge is -2.13. The topological polar surface area (TPSA) is 46.2 Å². The van der Waals surface area contributed by atoms with Crippen LogP contribution in [0.5, 0.6) is 5.75 Å². The van der Waals surface area contributed by atoms with Crippen LogP contribution in [-0.2, 0) is 0 Å². The van der Waals surface area contributed by atoms with E-state index in [9.17, 15) is 5.11 Å². The van der Waals surface area contributed by atoms with E-state index >= 15 is 0 Å². The van der Waals surface area contributed by atoms with Gasteiger partial charge in [-0.1, -0.05) is 36.4 Å². The van der Waals surface area contributed by atoms with Gasteiger partial charge < -0.3 is 10.8 Å². The summed E-state index contributed by atoms with van der Waals surface area (Å²) in [6, 6.07) is 11.2. The highest BCUT2D eigenvalue weighted by atomic mass is 16.3. The van der Waals surface area contributed by atoms with Crippen molar-refractivity contribution in [2.24, 2.45) is 5.73 Å². The molecule has 0 radical (unpaired) electrons. The van der Waals surface area contributed by atoms with Crippen LogP contribution < -0.4 is 5.73 Å². The molecule has 2 aromatic rings. The lowest BCUT2D eigenvalue weighted by Crippen LogP contribution is -2.09. The van der Waals surface area contributed by atoms with Gasteiger partial charge in [-0.15, -0.1) is 6.58 Å². The number of nitrogens with two attached hydrogens (primary N) is 1. The van der Waals surface area contributed by atoms with Crippen molar-refractivity contribution in [3.8, 4) is 5.75 Å². The molecule has 0 aliphatic rings. The van der Waals surface area contributed by atoms with Crippen LogP contribution in [0.2, 0.25) is 0 Å². The van der Waals surface area contributed by atoms with E-state index in [4.69, 9.17) is 5.73 Å². The van der Waals surface area contributed by atoms with Crippen LogP contribution in [0.1, 0.15) is 18.0 Å². The fraction of sp³-hybridized carbons (Fsp3) is 0.143. The van der Waals surface area contributed by atoms with Crippen LogP contribution in [0.3, 0.4) is 0 Å². The van der Waals surface area contributed by atoms with Gasteiger partial charge >= 0.3 is 0 Å². The zero-order valence-electron chi connectivity index (χ0n) is 9.06. The van der Waals surface area contributed by atoms with E-state index in [1.165, 1.54) is 0 Å². The molecular formula is C14H15NO. The Kier molecular flexibility index (Phi) is 2.93. The van der Waals surface area contributed by atoms with Gasteiger partial charge in [0, 0.05) is 11.4 Å². The molecule has 16 heavy (non-hydrogen) atoms. The van der Waals surface area contributed by atoms with Gasteiger partial charge in [-0.25, -0.2) is 0 Å². The molecule has 3 N–H and O–H groups in total. The lowest BCUT2D eigenvalue weighted by atomic mass is 9.97. The number of aromatic hydroxyl groups is 1. The smallest absolute Gasteiger partial charge is 0.123 e. The maximum Gasteiger partial charge on any atom is 0.123 e. The zero-order valence-corrected chi connectivity index (χ0v) is 9.06. The number of benzene rings is 2. The van der Waals surface area contributed by atoms with Gasteiger partial charge in [-0.05, 0) is 23.4 Å². The number of hydrogen-bond acceptors (Lipinski definition) is 2. The Morgan fingerprint density at radius 1 is 1.19 bits per heavy atom. The second kappa shape index (κ2) is 4.37. The summed E-state index contributed by atoms with van der Waals surface area (Å²) < 4.78 is 0. The first kappa shape index (κ1) is 10.7. The third kappa shape index (κ3) is 1.79. The molecule has 0 unspecified atom stereocenters. The highest BCUT2D eigenvalue weighted by Crippen LogP contribution is 2.30. The third-order valence-corrected chi connectivity index (χ3v) is 2.75. The van der Waals surface area contributed by atoms with Crippen molar-refractivity contribution in [3.63, 3.8) is 0 Å². The largest absolute Gasteiger partial charge is 0.507 e. The molecule has 0 saturated heterocycles. The number of rotatable bonds is 3. The molecule has 82 valence electrons. The van der Waals surface area contributed by atoms with E-state index in [0.29, 0.717) is 5.75 Å². The van der Waals surface area contributed by atoms with Crippen molar-refractivity contribution < 1.29 is 5.11 Å². The summed E-state index contributed by atoms with van der Waals surface area (Å²) in [6.45, 7) is 3.69. The molecule has 0 fully saturated rings. The average molecular weight is 213 g/mol. The van der Waals surface area contributed by atoms with Crippen LogP contribution in [0.25, 0.3) is 10.8 Å². The van der Waals surface area contributed by atoms with Gasteiger partial charge in [0.15, 0.2) is 0 Å². The SMILES string of the molecule is C=CC[C@H](N)c1ccc(O)c2ccccc12. The Morgan fingerprint density at radius 3 is 2.56 bits per heavy atom. The van der Waals surface area contributed by atoms with Crippen molar-refractivity contribution in [1.82, 2.24) is 0 Å². The third-order valence-electron chi connectivity index (χ3n) is 2.75. The predicted octanol–water partition coefficient (Wildman–Crippen LogP) is 3.12. The first-order valence-electron chi connectivity index (χ1n) is 5.31. The minimum atomic E-state index is -0.0667. The van der Waals surface area contributed by atoms with Crippen LogP contribution >= 0.6 is 0 Å². The minimum absolute atomic E-state index is 0.0667. The van der Waals surface area contributed by atoms with Crippen molar-refractivity contribution in [2.45, 2.75) is 12.5 Å². The Hall–Kier alpha value is -1.80. The standard InChI is InChI=1S/C14H15NO/c1-2-5-13(15)11-8-9-14(16)12-7-4-3-6-10(11)12/h2-4,6-9,13,16H,1,5,15H2/t13-/m0/s1. The molecule has 2 rings (SSSR count). The predicted molar refractivity (Wildman–Crippen MR) is 67.4 cm³/mol. The fourth-order valence-electron chi connectivity index (χ4n) is 1.94. The maximum absolute atomic E-state index is 9.75. The summed E-state index contributed by atoms with van der Waals surface area (Å²) in [5.41, 5.74) is 7.12. The number of phenolic OH excluding ortho intramolecular Hbond substituents is 1. The van der Waals surface area contributed by atoms with Gasteiger partial charge in [0.05, 0.1) is 0 Å². The first-order chi connectivity index (χ1) is 7.74. The van der Waals surface area contributed by atoms with Gasteiger partial charge in [0.25, 0.3) is 0 Å². The quantitative estimate of drug-likeness (QED) is 0.769. The van der Waals surface area contributed by atoms with Crippen molar-refractivity contribution in [1.29, 1.82) is 0 Å². The fourth-order valence-corrected chi connectivity index (χ4v) is 1.94. The van der Waals surface area contributed by atoms with Crippen LogP contribution in [0.15, 0.2) is 49.1 Å². The average Bonchev–Trinajstić information content (AvgIpc) is 2.30. The second-order valence-electron chi connectivity index (χ2n) is 3.85. The molecular weight excluding hydrogens is 198 g/mol. The minimum Gasteiger partial charge on any atom is -0.507 e. The van der Waals surface area contributed by atoms with Crippen LogP contribution in [0.4, 0.5) is 0 Å². The molecule has 0 amide bonds. The Balaban J connectivity index is 2.62. The van der Waals surface area contributed by atoms with Gasteiger partial charge in [-0.3, -0.25) is 0 Å². The molecule has 0 aromatic heterocycles. The molecule has 0 spiro atoms. The maximum atomic E-state index is 9.75. The summed E-state index contributed by atoms with van der Waals surface area (Å²) in [5, 5.41) is 11.6. The Bertz CT molecular complexity index is 519. The van der Waals surface area contributed by atoms with Crippen LogP contribution in [-0.4, -0.2) is 5.11 Å². The van der Waals surface area contributed by atoms with E-state index in [1.54, 1.807) is 6.07 Å². The molecule has 0 bridgehead atoms. The van der Waals surface area contributed by atoms with Crippen molar-refractivity contribution >= 4 is 10.8 Å². The molecule has 0 heterocycles. The first-order valence-corrected chi connectivity index (χ1v) is 5.31. The zero-order chi connectivity index (χ0) is 11.5. The molecule has 2 heteroatoms. The van der Waals surface area contributed by atoms with Gasteiger partial charge in [0.2, 0.25) is 0 Å². The number of phenols is 1. The van der Waals surface area contributed by atoms with Crippen LogP contribution in [0, 0.1) is 0 Å². The van der Waals surface area contributed by atoms with E-state index < -0.39 is 0 Å². The number of hydrogen-bond donors (Lipinski definition) is 2. The lowest BCUT2D eigenvalue weighted by molar-refractivity contribution is 0.481. The highest BCUT2D eigenvalue weighted by molar-refractivity contribution is 5.91. The highest BCUT2D eigenvalue weighted by Gasteiger charge is 2.10.